The lowest BCUT2D eigenvalue weighted by Gasteiger charge is -2.27. The van der Waals surface area contributed by atoms with Gasteiger partial charge in [0.05, 0.1) is 5.69 Å². The highest BCUT2D eigenvalue weighted by atomic mass is 32.2. The number of hydrogen-bond acceptors (Lipinski definition) is 5. The minimum absolute atomic E-state index is 0.0804. The number of carboxylic acids is 1. The van der Waals surface area contributed by atoms with Crippen LogP contribution in [0.3, 0.4) is 0 Å². The molecule has 0 spiro atoms. The topological polar surface area (TPSA) is 79.7 Å². The molecule has 2 unspecified atom stereocenters. The minimum Gasteiger partial charge on any atom is -0.480 e. The van der Waals surface area contributed by atoms with E-state index in [-0.39, 0.29) is 12.5 Å². The quantitative estimate of drug-likeness (QED) is 0.652. The van der Waals surface area contributed by atoms with Gasteiger partial charge in [0.25, 0.3) is 0 Å². The molecule has 1 aliphatic carbocycles. The van der Waals surface area contributed by atoms with Crippen molar-refractivity contribution in [3.63, 3.8) is 0 Å². The molecule has 0 saturated carbocycles. The molecule has 5 rings (SSSR count). The Balaban J connectivity index is 1.40. The van der Waals surface area contributed by atoms with Crippen molar-refractivity contribution in [3.05, 3.63) is 89.7 Å². The molecular weight excluding hydrogens is 412 g/mol. The zero-order valence-corrected chi connectivity index (χ0v) is 17.4. The molecule has 1 aliphatic heterocycles. The lowest BCUT2D eigenvalue weighted by Crippen LogP contribution is -2.43. The van der Waals surface area contributed by atoms with E-state index in [1.807, 2.05) is 30.3 Å². The van der Waals surface area contributed by atoms with Gasteiger partial charge < -0.3 is 9.84 Å². The van der Waals surface area contributed by atoms with Crippen LogP contribution in [0.4, 0.5) is 4.79 Å². The van der Waals surface area contributed by atoms with Crippen LogP contribution in [0, 0.1) is 0 Å². The first-order chi connectivity index (χ1) is 15.1. The van der Waals surface area contributed by atoms with Crippen molar-refractivity contribution < 1.29 is 19.4 Å². The number of nitrogens with zero attached hydrogens (tertiary/aromatic N) is 2. The standard InChI is InChI=1S/C24H20N2O4S/c27-23(28)21-14-31-22(20-11-5-6-12-25-20)26(21)24(29)30-13-19-17-9-3-1-7-15(17)16-8-2-4-10-18(16)19/h1-12,19,21-22H,13-14H2,(H,27,28). The van der Waals surface area contributed by atoms with Crippen molar-refractivity contribution in [2.24, 2.45) is 0 Å². The van der Waals surface area contributed by atoms with Gasteiger partial charge in [-0.3, -0.25) is 9.88 Å². The zero-order chi connectivity index (χ0) is 21.4. The highest BCUT2D eigenvalue weighted by Gasteiger charge is 2.44. The first-order valence-corrected chi connectivity index (χ1v) is 11.1. The monoisotopic (exact) mass is 432 g/mol. The Morgan fingerprint density at radius 2 is 1.65 bits per heavy atom. The smallest absolute Gasteiger partial charge is 0.411 e. The van der Waals surface area contributed by atoms with Gasteiger partial charge in [-0.15, -0.1) is 11.8 Å². The predicted molar refractivity (Wildman–Crippen MR) is 118 cm³/mol. The van der Waals surface area contributed by atoms with Crippen LogP contribution in [0.15, 0.2) is 72.9 Å². The molecule has 2 aromatic carbocycles. The number of carbonyl (C=O) groups is 2. The summed E-state index contributed by atoms with van der Waals surface area (Å²) in [4.78, 5) is 30.6. The van der Waals surface area contributed by atoms with E-state index in [2.05, 4.69) is 29.2 Å². The third kappa shape index (κ3) is 3.45. The molecule has 1 amide bonds. The van der Waals surface area contributed by atoms with Gasteiger partial charge in [0.1, 0.15) is 18.0 Å². The largest absolute Gasteiger partial charge is 0.480 e. The number of rotatable bonds is 4. The van der Waals surface area contributed by atoms with Gasteiger partial charge in [-0.2, -0.15) is 0 Å². The maximum absolute atomic E-state index is 13.1. The minimum atomic E-state index is -1.04. The van der Waals surface area contributed by atoms with E-state index in [9.17, 15) is 14.7 Å². The summed E-state index contributed by atoms with van der Waals surface area (Å²) in [5.74, 6) is -0.830. The maximum atomic E-state index is 13.1. The second kappa shape index (κ2) is 8.07. The molecule has 0 bridgehead atoms. The van der Waals surface area contributed by atoms with Crippen LogP contribution >= 0.6 is 11.8 Å². The SMILES string of the molecule is O=C(O)C1CSC(c2ccccn2)N1C(=O)OCC1c2ccccc2-c2ccccc21. The molecule has 2 aliphatic rings. The fraction of sp³-hybridized carbons (Fsp3) is 0.208. The van der Waals surface area contributed by atoms with E-state index in [4.69, 9.17) is 4.74 Å². The number of ether oxygens (including phenoxy) is 1. The molecular formula is C24H20N2O4S. The number of aromatic nitrogens is 1. The number of carboxylic acid groups (broad SMARTS) is 1. The van der Waals surface area contributed by atoms with Crippen LogP contribution in [0.5, 0.6) is 0 Å². The van der Waals surface area contributed by atoms with E-state index in [0.29, 0.717) is 11.4 Å². The number of pyridine rings is 1. The molecule has 1 fully saturated rings. The average Bonchev–Trinajstić information content (AvgIpc) is 3.38. The number of benzene rings is 2. The van der Waals surface area contributed by atoms with Gasteiger partial charge in [0.2, 0.25) is 0 Å². The van der Waals surface area contributed by atoms with E-state index in [1.54, 1.807) is 18.3 Å². The van der Waals surface area contributed by atoms with Crippen LogP contribution in [-0.2, 0) is 9.53 Å². The highest BCUT2D eigenvalue weighted by molar-refractivity contribution is 7.99. The maximum Gasteiger partial charge on any atom is 0.411 e. The summed E-state index contributed by atoms with van der Waals surface area (Å²) in [6, 6.07) is 20.7. The van der Waals surface area contributed by atoms with Crippen LogP contribution in [0.2, 0.25) is 0 Å². The van der Waals surface area contributed by atoms with Crippen molar-refractivity contribution in [2.75, 3.05) is 12.4 Å². The number of hydrogen-bond donors (Lipinski definition) is 1. The molecule has 1 N–H and O–H groups in total. The lowest BCUT2D eigenvalue weighted by molar-refractivity contribution is -0.141. The van der Waals surface area contributed by atoms with E-state index < -0.39 is 23.5 Å². The van der Waals surface area contributed by atoms with Crippen molar-refractivity contribution >= 4 is 23.8 Å². The van der Waals surface area contributed by atoms with Crippen molar-refractivity contribution in [3.8, 4) is 11.1 Å². The molecule has 3 aromatic rings. The number of amides is 1. The zero-order valence-electron chi connectivity index (χ0n) is 16.5. The van der Waals surface area contributed by atoms with Gasteiger partial charge in [-0.05, 0) is 34.4 Å². The Morgan fingerprint density at radius 3 is 2.26 bits per heavy atom. The second-order valence-corrected chi connectivity index (χ2v) is 8.62. The first kappa shape index (κ1) is 19.6. The number of thioether (sulfide) groups is 1. The average molecular weight is 433 g/mol. The van der Waals surface area contributed by atoms with Gasteiger partial charge in [0, 0.05) is 17.9 Å². The third-order valence-corrected chi connectivity index (χ3v) is 7.07. The summed E-state index contributed by atoms with van der Waals surface area (Å²) in [5, 5.41) is 9.17. The molecule has 1 aromatic heterocycles. The molecule has 2 atom stereocenters. The first-order valence-electron chi connectivity index (χ1n) is 10.0. The number of carbonyl (C=O) groups excluding carboxylic acids is 1. The van der Waals surface area contributed by atoms with E-state index in [1.165, 1.54) is 16.7 Å². The molecule has 6 nitrogen and oxygen atoms in total. The van der Waals surface area contributed by atoms with Gasteiger partial charge >= 0.3 is 12.1 Å². The Morgan fingerprint density at radius 1 is 1.00 bits per heavy atom. The summed E-state index contributed by atoms with van der Waals surface area (Å²) < 4.78 is 5.74. The Hall–Kier alpha value is -3.32. The Labute approximate surface area is 183 Å². The van der Waals surface area contributed by atoms with E-state index >= 15 is 0 Å². The molecule has 7 heteroatoms. The second-order valence-electron chi connectivity index (χ2n) is 7.51. The van der Waals surface area contributed by atoms with Crippen LogP contribution < -0.4 is 0 Å². The summed E-state index contributed by atoms with van der Waals surface area (Å²) >= 11 is 1.39. The Kier molecular flexibility index (Phi) is 5.11. The summed E-state index contributed by atoms with van der Waals surface area (Å²) in [6.45, 7) is 0.148. The number of fused-ring (bicyclic) bond motifs is 3. The van der Waals surface area contributed by atoms with Crippen LogP contribution in [-0.4, -0.2) is 45.5 Å². The van der Waals surface area contributed by atoms with Crippen molar-refractivity contribution in [1.29, 1.82) is 0 Å². The van der Waals surface area contributed by atoms with Gasteiger partial charge in [0.15, 0.2) is 0 Å². The number of aliphatic carboxylic acids is 1. The predicted octanol–water partition coefficient (Wildman–Crippen LogP) is 4.53. The summed E-state index contributed by atoms with van der Waals surface area (Å²) in [7, 11) is 0. The lowest BCUT2D eigenvalue weighted by atomic mass is 9.98. The van der Waals surface area contributed by atoms with Crippen molar-refractivity contribution in [2.45, 2.75) is 17.3 Å². The summed E-state index contributed by atoms with van der Waals surface area (Å²) in [5.41, 5.74) is 5.16. The fourth-order valence-corrected chi connectivity index (χ4v) is 5.71. The van der Waals surface area contributed by atoms with Gasteiger partial charge in [-0.1, -0.05) is 54.6 Å². The van der Waals surface area contributed by atoms with Crippen LogP contribution in [0.25, 0.3) is 11.1 Å². The normalized spacial score (nSPS) is 19.7. The van der Waals surface area contributed by atoms with Crippen LogP contribution in [0.1, 0.15) is 28.1 Å². The Bertz CT molecular complexity index is 1090. The fourth-order valence-electron chi connectivity index (χ4n) is 4.34. The molecule has 156 valence electrons. The summed E-state index contributed by atoms with van der Waals surface area (Å²) in [6.07, 6.45) is 1.01. The van der Waals surface area contributed by atoms with E-state index in [0.717, 1.165) is 22.3 Å². The molecule has 0 radical (unpaired) electrons. The molecule has 2 heterocycles. The van der Waals surface area contributed by atoms with Gasteiger partial charge in [-0.25, -0.2) is 9.59 Å². The highest BCUT2D eigenvalue weighted by Crippen LogP contribution is 2.45. The van der Waals surface area contributed by atoms with Crippen molar-refractivity contribution in [1.82, 2.24) is 9.88 Å². The third-order valence-electron chi connectivity index (χ3n) is 5.77. The molecule has 31 heavy (non-hydrogen) atoms. The molecule has 1 saturated heterocycles.